The second kappa shape index (κ2) is 7.10. The Labute approximate surface area is 122 Å². The fraction of sp³-hybridized carbons (Fsp3) is 0.667. The second-order valence-electron chi connectivity index (χ2n) is 4.58. The number of hydrogen-bond donors (Lipinski definition) is 1. The molecule has 1 aliphatic heterocycles. The van der Waals surface area contributed by atoms with E-state index in [1.807, 2.05) is 11.3 Å². The molecule has 0 spiro atoms. The van der Waals surface area contributed by atoms with Crippen LogP contribution in [0.3, 0.4) is 0 Å². The van der Waals surface area contributed by atoms with Gasteiger partial charge in [0, 0.05) is 28.0 Å². The molecule has 2 atom stereocenters. The zero-order valence-corrected chi connectivity index (χ0v) is 13.3. The van der Waals surface area contributed by atoms with Gasteiger partial charge < -0.3 is 5.73 Å². The summed E-state index contributed by atoms with van der Waals surface area (Å²) in [6.45, 7) is 4.37. The summed E-state index contributed by atoms with van der Waals surface area (Å²) < 4.78 is 1.24. The van der Waals surface area contributed by atoms with Gasteiger partial charge in [0.1, 0.15) is 0 Å². The predicted octanol–water partition coefficient (Wildman–Crippen LogP) is 3.63. The van der Waals surface area contributed by atoms with E-state index in [1.54, 1.807) is 0 Å². The zero-order valence-electron chi connectivity index (χ0n) is 10.1. The summed E-state index contributed by atoms with van der Waals surface area (Å²) in [5.74, 6) is 0. The second-order valence-corrected chi connectivity index (χ2v) is 6.44. The van der Waals surface area contributed by atoms with E-state index in [9.17, 15) is 0 Å². The van der Waals surface area contributed by atoms with E-state index < -0.39 is 0 Å². The van der Waals surface area contributed by atoms with Gasteiger partial charge in [0.15, 0.2) is 0 Å². The summed E-state index contributed by atoms with van der Waals surface area (Å²) in [6.07, 6.45) is 3.89. The number of piperidine rings is 1. The minimum atomic E-state index is 0. The van der Waals surface area contributed by atoms with Crippen molar-refractivity contribution in [3.63, 3.8) is 0 Å². The first kappa shape index (κ1) is 15.4. The minimum Gasteiger partial charge on any atom is -0.327 e. The standard InChI is InChI=1S/C12H19BrN2S.ClH/c1-9(14)11-4-2-3-6-15(11)8-12-10(13)5-7-16-12;/h5,7,9,11H,2-4,6,8,14H2,1H3;1H. The molecule has 2 rings (SSSR count). The van der Waals surface area contributed by atoms with Crippen molar-refractivity contribution in [2.45, 2.75) is 44.8 Å². The molecule has 2 heterocycles. The molecule has 0 radical (unpaired) electrons. The van der Waals surface area contributed by atoms with Gasteiger partial charge in [-0.15, -0.1) is 23.7 Å². The molecule has 5 heteroatoms. The molecule has 17 heavy (non-hydrogen) atoms. The highest BCUT2D eigenvalue weighted by molar-refractivity contribution is 9.10. The van der Waals surface area contributed by atoms with Gasteiger partial charge in [0.2, 0.25) is 0 Å². The van der Waals surface area contributed by atoms with Crippen molar-refractivity contribution >= 4 is 39.7 Å². The molecule has 0 aromatic carbocycles. The fourth-order valence-electron chi connectivity index (χ4n) is 2.43. The highest BCUT2D eigenvalue weighted by Crippen LogP contribution is 2.28. The third kappa shape index (κ3) is 3.93. The van der Waals surface area contributed by atoms with Crippen molar-refractivity contribution in [1.29, 1.82) is 0 Å². The maximum absolute atomic E-state index is 6.07. The Hall–Kier alpha value is 0.390. The van der Waals surface area contributed by atoms with Crippen LogP contribution >= 0.6 is 39.7 Å². The largest absolute Gasteiger partial charge is 0.327 e. The SMILES string of the molecule is CC(N)C1CCCCN1Cc1sccc1Br.Cl. The minimum absolute atomic E-state index is 0. The molecule has 0 aliphatic carbocycles. The van der Waals surface area contributed by atoms with Crippen molar-refractivity contribution in [2.24, 2.45) is 5.73 Å². The van der Waals surface area contributed by atoms with Crippen LogP contribution < -0.4 is 5.73 Å². The monoisotopic (exact) mass is 338 g/mol. The third-order valence-electron chi connectivity index (χ3n) is 3.31. The lowest BCUT2D eigenvalue weighted by atomic mass is 9.97. The lowest BCUT2D eigenvalue weighted by molar-refractivity contribution is 0.124. The van der Waals surface area contributed by atoms with E-state index >= 15 is 0 Å². The Kier molecular flexibility index (Phi) is 6.45. The molecule has 1 aromatic rings. The van der Waals surface area contributed by atoms with Gasteiger partial charge in [-0.1, -0.05) is 6.42 Å². The first-order valence-corrected chi connectivity index (χ1v) is 7.57. The number of thiophene rings is 1. The van der Waals surface area contributed by atoms with E-state index in [4.69, 9.17) is 5.73 Å². The van der Waals surface area contributed by atoms with Crippen LogP contribution in [0, 0.1) is 0 Å². The molecule has 1 aromatic heterocycles. The van der Waals surface area contributed by atoms with Crippen molar-refractivity contribution in [1.82, 2.24) is 4.90 Å². The van der Waals surface area contributed by atoms with E-state index in [2.05, 4.69) is 39.2 Å². The smallest absolute Gasteiger partial charge is 0.0342 e. The summed E-state index contributed by atoms with van der Waals surface area (Å²) in [7, 11) is 0. The summed E-state index contributed by atoms with van der Waals surface area (Å²) >= 11 is 5.43. The molecule has 2 nitrogen and oxygen atoms in total. The van der Waals surface area contributed by atoms with E-state index in [-0.39, 0.29) is 18.4 Å². The quantitative estimate of drug-likeness (QED) is 0.911. The first-order valence-electron chi connectivity index (χ1n) is 5.90. The van der Waals surface area contributed by atoms with Gasteiger partial charge in [-0.3, -0.25) is 4.90 Å². The molecule has 0 saturated carbocycles. The fourth-order valence-corrected chi connectivity index (χ4v) is 3.93. The maximum atomic E-state index is 6.07. The molecule has 98 valence electrons. The van der Waals surface area contributed by atoms with Gasteiger partial charge in [0.25, 0.3) is 0 Å². The number of nitrogens with two attached hydrogens (primary N) is 1. The van der Waals surface area contributed by atoms with E-state index in [0.29, 0.717) is 6.04 Å². The van der Waals surface area contributed by atoms with Crippen LogP contribution in [0.25, 0.3) is 0 Å². The van der Waals surface area contributed by atoms with Gasteiger partial charge in [-0.05, 0) is 53.7 Å². The predicted molar refractivity (Wildman–Crippen MR) is 81.0 cm³/mol. The van der Waals surface area contributed by atoms with Crippen molar-refractivity contribution in [2.75, 3.05) is 6.54 Å². The number of rotatable bonds is 3. The molecule has 2 unspecified atom stereocenters. The summed E-state index contributed by atoms with van der Waals surface area (Å²) in [6, 6.07) is 2.96. The lowest BCUT2D eigenvalue weighted by Crippen LogP contribution is -2.48. The van der Waals surface area contributed by atoms with Gasteiger partial charge in [-0.25, -0.2) is 0 Å². The Bertz CT molecular complexity index is 343. The van der Waals surface area contributed by atoms with Crippen molar-refractivity contribution in [3.8, 4) is 0 Å². The number of halogens is 2. The number of nitrogens with zero attached hydrogens (tertiary/aromatic N) is 1. The molecular formula is C12H20BrClN2S. The van der Waals surface area contributed by atoms with Crippen LogP contribution in [0.4, 0.5) is 0 Å². The maximum Gasteiger partial charge on any atom is 0.0342 e. The van der Waals surface area contributed by atoms with Crippen LogP contribution in [0.1, 0.15) is 31.1 Å². The van der Waals surface area contributed by atoms with E-state index in [0.717, 1.165) is 6.54 Å². The van der Waals surface area contributed by atoms with Crippen molar-refractivity contribution < 1.29 is 0 Å². The van der Waals surface area contributed by atoms with Crippen LogP contribution in [0.5, 0.6) is 0 Å². The summed E-state index contributed by atoms with van der Waals surface area (Å²) in [5.41, 5.74) is 6.07. The van der Waals surface area contributed by atoms with E-state index in [1.165, 1.54) is 35.2 Å². The zero-order chi connectivity index (χ0) is 11.5. The highest BCUT2D eigenvalue weighted by atomic mass is 79.9. The van der Waals surface area contributed by atoms with Crippen LogP contribution in [0.15, 0.2) is 15.9 Å². The third-order valence-corrected chi connectivity index (χ3v) is 5.22. The number of hydrogen-bond acceptors (Lipinski definition) is 3. The molecule has 1 fully saturated rings. The van der Waals surface area contributed by atoms with Crippen molar-refractivity contribution in [3.05, 3.63) is 20.8 Å². The number of likely N-dealkylation sites (tertiary alicyclic amines) is 1. The average Bonchev–Trinajstić information content (AvgIpc) is 2.65. The molecule has 2 N–H and O–H groups in total. The van der Waals surface area contributed by atoms with Crippen LogP contribution in [0.2, 0.25) is 0 Å². The van der Waals surface area contributed by atoms with Crippen LogP contribution in [-0.2, 0) is 6.54 Å². The molecular weight excluding hydrogens is 320 g/mol. The average molecular weight is 340 g/mol. The Morgan fingerprint density at radius 1 is 1.59 bits per heavy atom. The lowest BCUT2D eigenvalue weighted by Gasteiger charge is -2.37. The molecule has 1 saturated heterocycles. The van der Waals surface area contributed by atoms with Crippen LogP contribution in [-0.4, -0.2) is 23.5 Å². The molecule has 0 bridgehead atoms. The molecule has 0 amide bonds. The topological polar surface area (TPSA) is 29.3 Å². The summed E-state index contributed by atoms with van der Waals surface area (Å²) in [5, 5.41) is 2.14. The highest BCUT2D eigenvalue weighted by Gasteiger charge is 2.25. The van der Waals surface area contributed by atoms with Gasteiger partial charge in [-0.2, -0.15) is 0 Å². The van der Waals surface area contributed by atoms with Gasteiger partial charge in [0.05, 0.1) is 0 Å². The molecule has 1 aliphatic rings. The van der Waals surface area contributed by atoms with Gasteiger partial charge >= 0.3 is 0 Å². The Morgan fingerprint density at radius 3 is 2.94 bits per heavy atom. The first-order chi connectivity index (χ1) is 7.68. The summed E-state index contributed by atoms with van der Waals surface area (Å²) in [4.78, 5) is 3.97. The Balaban J connectivity index is 0.00000144. The Morgan fingerprint density at radius 2 is 2.35 bits per heavy atom. The normalized spacial score (nSPS) is 23.1.